The van der Waals surface area contributed by atoms with E-state index in [1.54, 1.807) is 24.3 Å². The minimum atomic E-state index is -0.311. The molecule has 0 spiro atoms. The highest BCUT2D eigenvalue weighted by Gasteiger charge is 2.09. The van der Waals surface area contributed by atoms with E-state index in [1.165, 1.54) is 6.26 Å². The van der Waals surface area contributed by atoms with Crippen LogP contribution in [0.15, 0.2) is 71.3 Å². The van der Waals surface area contributed by atoms with Gasteiger partial charge in [0.1, 0.15) is 5.75 Å². The summed E-state index contributed by atoms with van der Waals surface area (Å²) in [5.74, 6) is 0.437. The van der Waals surface area contributed by atoms with Crippen molar-refractivity contribution in [2.75, 3.05) is 11.9 Å². The van der Waals surface area contributed by atoms with E-state index in [2.05, 4.69) is 10.6 Å². The highest BCUT2D eigenvalue weighted by atomic mass is 16.5. The van der Waals surface area contributed by atoms with Crippen LogP contribution in [-0.2, 0) is 11.3 Å². The van der Waals surface area contributed by atoms with Gasteiger partial charge in [-0.3, -0.25) is 9.59 Å². The first-order valence-corrected chi connectivity index (χ1v) is 8.51. The van der Waals surface area contributed by atoms with Gasteiger partial charge in [0.05, 0.1) is 6.26 Å². The maximum atomic E-state index is 11.9. The lowest BCUT2D eigenvalue weighted by molar-refractivity contribution is -0.123. The third kappa shape index (κ3) is 5.22. The summed E-state index contributed by atoms with van der Waals surface area (Å²) >= 11 is 0. The summed E-state index contributed by atoms with van der Waals surface area (Å²) in [5, 5.41) is 5.55. The molecule has 3 aromatic rings. The second-order valence-corrected chi connectivity index (χ2v) is 5.96. The van der Waals surface area contributed by atoms with Crippen LogP contribution in [0.5, 0.6) is 5.75 Å². The van der Waals surface area contributed by atoms with Crippen LogP contribution in [0.25, 0.3) is 0 Å². The lowest BCUT2D eigenvalue weighted by Gasteiger charge is -2.10. The van der Waals surface area contributed by atoms with Crippen molar-refractivity contribution in [1.29, 1.82) is 0 Å². The predicted octanol–water partition coefficient (Wildman–Crippen LogP) is 3.54. The summed E-state index contributed by atoms with van der Waals surface area (Å²) in [4.78, 5) is 23.9. The molecule has 6 heteroatoms. The van der Waals surface area contributed by atoms with Gasteiger partial charge in [0.25, 0.3) is 11.8 Å². The molecule has 2 aromatic carbocycles. The lowest BCUT2D eigenvalue weighted by atomic mass is 10.2. The van der Waals surface area contributed by atoms with Gasteiger partial charge in [-0.2, -0.15) is 0 Å². The fourth-order valence-corrected chi connectivity index (χ4v) is 2.42. The van der Waals surface area contributed by atoms with Crippen LogP contribution in [0.1, 0.15) is 21.7 Å². The molecule has 0 unspecified atom stereocenters. The average molecular weight is 364 g/mol. The minimum absolute atomic E-state index is 0.0395. The highest BCUT2D eigenvalue weighted by Crippen LogP contribution is 2.16. The smallest absolute Gasteiger partial charge is 0.291 e. The number of aryl methyl sites for hydroxylation is 1. The Morgan fingerprint density at radius 1 is 1.00 bits per heavy atom. The van der Waals surface area contributed by atoms with E-state index in [0.29, 0.717) is 18.0 Å². The summed E-state index contributed by atoms with van der Waals surface area (Å²) in [6.45, 7) is 2.27. The fourth-order valence-electron chi connectivity index (χ4n) is 2.42. The molecule has 2 N–H and O–H groups in total. The number of carbonyl (C=O) groups is 2. The van der Waals surface area contributed by atoms with Crippen LogP contribution in [0, 0.1) is 6.92 Å². The normalized spacial score (nSPS) is 10.3. The van der Waals surface area contributed by atoms with Crippen molar-refractivity contribution in [3.63, 3.8) is 0 Å². The Bertz CT molecular complexity index is 902. The first kappa shape index (κ1) is 18.3. The zero-order valence-corrected chi connectivity index (χ0v) is 14.9. The molecule has 0 aliphatic heterocycles. The van der Waals surface area contributed by atoms with Gasteiger partial charge in [0.15, 0.2) is 12.4 Å². The Hall–Kier alpha value is -3.54. The van der Waals surface area contributed by atoms with Crippen LogP contribution < -0.4 is 15.4 Å². The van der Waals surface area contributed by atoms with Crippen molar-refractivity contribution < 1.29 is 18.7 Å². The maximum absolute atomic E-state index is 11.9. The molecule has 1 aromatic heterocycles. The van der Waals surface area contributed by atoms with E-state index in [-0.39, 0.29) is 24.2 Å². The van der Waals surface area contributed by atoms with E-state index in [1.807, 2.05) is 43.3 Å². The van der Waals surface area contributed by atoms with Gasteiger partial charge < -0.3 is 19.8 Å². The monoisotopic (exact) mass is 364 g/mol. The second kappa shape index (κ2) is 8.71. The van der Waals surface area contributed by atoms with Crippen molar-refractivity contribution >= 4 is 17.5 Å². The topological polar surface area (TPSA) is 80.6 Å². The van der Waals surface area contributed by atoms with Crippen molar-refractivity contribution in [3.05, 3.63) is 83.8 Å². The maximum Gasteiger partial charge on any atom is 0.291 e. The number of para-hydroxylation sites is 1. The van der Waals surface area contributed by atoms with E-state index in [0.717, 1.165) is 11.1 Å². The fraction of sp³-hybridized carbons (Fsp3) is 0.143. The number of rotatable bonds is 7. The highest BCUT2D eigenvalue weighted by molar-refractivity contribution is 6.02. The molecule has 2 amide bonds. The van der Waals surface area contributed by atoms with Crippen molar-refractivity contribution in [1.82, 2.24) is 5.32 Å². The van der Waals surface area contributed by atoms with Crippen LogP contribution in [-0.4, -0.2) is 18.4 Å². The third-order valence-electron chi connectivity index (χ3n) is 3.90. The number of carbonyl (C=O) groups excluding carboxylic acids is 2. The van der Waals surface area contributed by atoms with E-state index < -0.39 is 0 Å². The van der Waals surface area contributed by atoms with E-state index in [4.69, 9.17) is 9.15 Å². The SMILES string of the molecule is Cc1ccccc1OCC(=O)NCc1ccc(NC(=O)c2ccco2)cc1. The number of nitrogens with one attached hydrogen (secondary N) is 2. The first-order chi connectivity index (χ1) is 13.1. The molecule has 0 fully saturated rings. The van der Waals surface area contributed by atoms with E-state index in [9.17, 15) is 9.59 Å². The summed E-state index contributed by atoms with van der Waals surface area (Å²) in [7, 11) is 0. The van der Waals surface area contributed by atoms with Crippen molar-refractivity contribution in [2.24, 2.45) is 0 Å². The predicted molar refractivity (Wildman–Crippen MR) is 102 cm³/mol. The Labute approximate surface area is 157 Å². The van der Waals surface area contributed by atoms with Gasteiger partial charge in [-0.15, -0.1) is 0 Å². The Balaban J connectivity index is 1.45. The van der Waals surface area contributed by atoms with Crippen LogP contribution >= 0.6 is 0 Å². The molecular formula is C21H20N2O4. The standard InChI is InChI=1S/C21H20N2O4/c1-15-5-2-3-6-18(15)27-14-20(24)22-13-16-8-10-17(11-9-16)23-21(25)19-7-4-12-26-19/h2-12H,13-14H2,1H3,(H,22,24)(H,23,25). The Morgan fingerprint density at radius 3 is 2.48 bits per heavy atom. The summed E-state index contributed by atoms with van der Waals surface area (Å²) < 4.78 is 10.6. The Morgan fingerprint density at radius 2 is 1.78 bits per heavy atom. The molecule has 3 rings (SSSR count). The van der Waals surface area contributed by atoms with E-state index >= 15 is 0 Å². The van der Waals surface area contributed by atoms with Crippen molar-refractivity contribution in [3.8, 4) is 5.75 Å². The molecule has 0 saturated heterocycles. The van der Waals surface area contributed by atoms with Crippen LogP contribution in [0.3, 0.4) is 0 Å². The molecule has 0 bridgehead atoms. The Kier molecular flexibility index (Phi) is 5.89. The van der Waals surface area contributed by atoms with Gasteiger partial charge in [-0.05, 0) is 48.4 Å². The number of hydrogen-bond acceptors (Lipinski definition) is 4. The van der Waals surface area contributed by atoms with Crippen LogP contribution in [0.2, 0.25) is 0 Å². The largest absolute Gasteiger partial charge is 0.484 e. The molecule has 1 heterocycles. The first-order valence-electron chi connectivity index (χ1n) is 8.51. The molecule has 6 nitrogen and oxygen atoms in total. The molecule has 138 valence electrons. The quantitative estimate of drug-likeness (QED) is 0.672. The van der Waals surface area contributed by atoms with Gasteiger partial charge in [-0.1, -0.05) is 30.3 Å². The number of furan rings is 1. The lowest BCUT2D eigenvalue weighted by Crippen LogP contribution is -2.28. The van der Waals surface area contributed by atoms with Gasteiger partial charge >= 0.3 is 0 Å². The van der Waals surface area contributed by atoms with Gasteiger partial charge in [0.2, 0.25) is 0 Å². The summed E-state index contributed by atoms with van der Waals surface area (Å²) in [6, 6.07) is 18.0. The molecule has 27 heavy (non-hydrogen) atoms. The number of hydrogen-bond donors (Lipinski definition) is 2. The van der Waals surface area contributed by atoms with Crippen molar-refractivity contribution in [2.45, 2.75) is 13.5 Å². The molecular weight excluding hydrogens is 344 g/mol. The molecule has 0 saturated carbocycles. The molecule has 0 atom stereocenters. The second-order valence-electron chi connectivity index (χ2n) is 5.96. The number of benzene rings is 2. The number of anilines is 1. The molecule has 0 aliphatic rings. The number of ether oxygens (including phenoxy) is 1. The number of amides is 2. The summed E-state index contributed by atoms with van der Waals surface area (Å²) in [6.07, 6.45) is 1.45. The van der Waals surface area contributed by atoms with Gasteiger partial charge in [0, 0.05) is 12.2 Å². The molecule has 0 aliphatic carbocycles. The third-order valence-corrected chi connectivity index (χ3v) is 3.90. The molecule has 0 radical (unpaired) electrons. The average Bonchev–Trinajstić information content (AvgIpc) is 3.22. The van der Waals surface area contributed by atoms with Gasteiger partial charge in [-0.25, -0.2) is 0 Å². The minimum Gasteiger partial charge on any atom is -0.484 e. The zero-order valence-electron chi connectivity index (χ0n) is 14.9. The van der Waals surface area contributed by atoms with Crippen LogP contribution in [0.4, 0.5) is 5.69 Å². The zero-order chi connectivity index (χ0) is 19.1. The summed E-state index contributed by atoms with van der Waals surface area (Å²) in [5.41, 5.74) is 2.54.